The van der Waals surface area contributed by atoms with Crippen LogP contribution in [0.1, 0.15) is 10.7 Å². The van der Waals surface area contributed by atoms with Crippen molar-refractivity contribution in [3.05, 3.63) is 10.7 Å². The highest BCUT2D eigenvalue weighted by Gasteiger charge is 2.11. The molecule has 3 aromatic heterocycles. The molecule has 0 bridgehead atoms. The number of fused-ring (bicyclic) bond motifs is 1. The number of thioether (sulfide) groups is 1. The Balaban J connectivity index is 1.56. The van der Waals surface area contributed by atoms with Gasteiger partial charge in [-0.1, -0.05) is 34.4 Å². The predicted molar refractivity (Wildman–Crippen MR) is 85.0 cm³/mol. The number of aromatic nitrogens is 5. The van der Waals surface area contributed by atoms with Crippen LogP contribution in [-0.2, 0) is 7.05 Å². The fourth-order valence-electron chi connectivity index (χ4n) is 1.79. The van der Waals surface area contributed by atoms with Crippen molar-refractivity contribution in [3.63, 3.8) is 0 Å². The van der Waals surface area contributed by atoms with Crippen LogP contribution in [0.4, 0.5) is 5.13 Å². The largest absolute Gasteiger partial charge is 0.361 e. The quantitative estimate of drug-likeness (QED) is 0.574. The molecular weight excluding hydrogens is 312 g/mol. The van der Waals surface area contributed by atoms with Crippen LogP contribution >= 0.6 is 34.4 Å². The maximum Gasteiger partial charge on any atom is 0.185 e. The van der Waals surface area contributed by atoms with Crippen molar-refractivity contribution < 1.29 is 0 Å². The average molecular weight is 326 g/mol. The molecule has 0 fully saturated rings. The minimum atomic E-state index is 0.857. The number of aryl methyl sites for hydroxylation is 3. The number of nitrogens with zero attached hydrogens (tertiary/aromatic N) is 5. The summed E-state index contributed by atoms with van der Waals surface area (Å²) >= 11 is 5.00. The lowest BCUT2D eigenvalue weighted by Crippen LogP contribution is -2.03. The SMILES string of the molecule is Cc1nnc(SCCNc2nc3c(s2)c(C)nn3C)s1. The normalized spacial score (nSPS) is 11.3. The molecule has 0 radical (unpaired) electrons. The molecule has 0 atom stereocenters. The van der Waals surface area contributed by atoms with E-state index < -0.39 is 0 Å². The predicted octanol–water partition coefficient (Wildman–Crippen LogP) is 2.70. The van der Waals surface area contributed by atoms with Crippen LogP contribution in [0.5, 0.6) is 0 Å². The van der Waals surface area contributed by atoms with Crippen LogP contribution in [0.15, 0.2) is 4.34 Å². The Labute approximate surface area is 128 Å². The van der Waals surface area contributed by atoms with Gasteiger partial charge in [-0.3, -0.25) is 0 Å². The van der Waals surface area contributed by atoms with Gasteiger partial charge in [-0.2, -0.15) is 5.10 Å². The van der Waals surface area contributed by atoms with Crippen LogP contribution in [0.2, 0.25) is 0 Å². The van der Waals surface area contributed by atoms with E-state index in [1.54, 1.807) is 34.4 Å². The minimum Gasteiger partial charge on any atom is -0.361 e. The highest BCUT2D eigenvalue weighted by atomic mass is 32.2. The van der Waals surface area contributed by atoms with Gasteiger partial charge in [-0.25, -0.2) is 9.67 Å². The monoisotopic (exact) mass is 326 g/mol. The van der Waals surface area contributed by atoms with E-state index in [9.17, 15) is 0 Å². The molecule has 0 aliphatic carbocycles. The van der Waals surface area contributed by atoms with Crippen molar-refractivity contribution >= 4 is 49.9 Å². The number of nitrogens with one attached hydrogen (secondary N) is 1. The minimum absolute atomic E-state index is 0.857. The van der Waals surface area contributed by atoms with Gasteiger partial charge in [0.05, 0.1) is 10.4 Å². The van der Waals surface area contributed by atoms with Gasteiger partial charge in [0.2, 0.25) is 0 Å². The molecule has 6 nitrogen and oxygen atoms in total. The zero-order valence-electron chi connectivity index (χ0n) is 11.4. The molecule has 1 N–H and O–H groups in total. The molecule has 0 saturated carbocycles. The van der Waals surface area contributed by atoms with Gasteiger partial charge in [0, 0.05) is 19.3 Å². The Hall–Kier alpha value is -1.19. The lowest BCUT2D eigenvalue weighted by Gasteiger charge is -2.00. The fourth-order valence-corrected chi connectivity index (χ4v) is 4.49. The van der Waals surface area contributed by atoms with Crippen molar-refractivity contribution in [2.45, 2.75) is 18.2 Å². The van der Waals surface area contributed by atoms with E-state index in [1.165, 1.54) is 0 Å². The molecule has 0 aromatic carbocycles. The van der Waals surface area contributed by atoms with E-state index in [2.05, 4.69) is 25.6 Å². The summed E-state index contributed by atoms with van der Waals surface area (Å²) in [4.78, 5) is 4.56. The lowest BCUT2D eigenvalue weighted by atomic mass is 10.5. The van der Waals surface area contributed by atoms with E-state index in [1.807, 2.05) is 25.6 Å². The molecule has 0 saturated heterocycles. The summed E-state index contributed by atoms with van der Waals surface area (Å²) in [5.74, 6) is 0.946. The Bertz CT molecular complexity index is 693. The van der Waals surface area contributed by atoms with Gasteiger partial charge in [0.25, 0.3) is 0 Å². The van der Waals surface area contributed by atoms with Gasteiger partial charge >= 0.3 is 0 Å². The number of rotatable bonds is 5. The topological polar surface area (TPSA) is 68.5 Å². The Morgan fingerprint density at radius 3 is 2.80 bits per heavy atom. The third-order valence-corrected chi connectivity index (χ3v) is 5.74. The molecule has 0 aliphatic heterocycles. The second-order valence-electron chi connectivity index (χ2n) is 4.24. The number of thiazole rings is 1. The summed E-state index contributed by atoms with van der Waals surface area (Å²) in [5.41, 5.74) is 1.98. The maximum atomic E-state index is 4.56. The summed E-state index contributed by atoms with van der Waals surface area (Å²) < 4.78 is 4.00. The second-order valence-corrected chi connectivity index (χ2v) is 7.77. The van der Waals surface area contributed by atoms with Crippen LogP contribution in [0.3, 0.4) is 0 Å². The number of hydrogen-bond acceptors (Lipinski definition) is 8. The first-order valence-electron chi connectivity index (χ1n) is 6.10. The molecule has 3 rings (SSSR count). The van der Waals surface area contributed by atoms with Gasteiger partial charge in [-0.15, -0.1) is 10.2 Å². The van der Waals surface area contributed by atoms with Gasteiger partial charge in [0.15, 0.2) is 15.1 Å². The lowest BCUT2D eigenvalue weighted by molar-refractivity contribution is 0.774. The van der Waals surface area contributed by atoms with Crippen molar-refractivity contribution in [3.8, 4) is 0 Å². The third kappa shape index (κ3) is 2.79. The van der Waals surface area contributed by atoms with E-state index in [4.69, 9.17) is 0 Å². The third-order valence-electron chi connectivity index (χ3n) is 2.66. The molecule has 0 unspecified atom stereocenters. The van der Waals surface area contributed by atoms with Crippen LogP contribution in [0.25, 0.3) is 10.3 Å². The van der Waals surface area contributed by atoms with Crippen molar-refractivity contribution in [1.82, 2.24) is 25.0 Å². The summed E-state index contributed by atoms with van der Waals surface area (Å²) in [7, 11) is 1.92. The average Bonchev–Trinajstić information content (AvgIpc) is 3.06. The van der Waals surface area contributed by atoms with Crippen molar-refractivity contribution in [2.24, 2.45) is 7.05 Å². The first-order valence-corrected chi connectivity index (χ1v) is 8.72. The van der Waals surface area contributed by atoms with E-state index in [0.717, 1.165) is 42.8 Å². The summed E-state index contributed by atoms with van der Waals surface area (Å²) in [6.45, 7) is 4.84. The van der Waals surface area contributed by atoms with Gasteiger partial charge < -0.3 is 5.32 Å². The standard InChI is InChI=1S/C11H14N6S3/c1-6-8-9(17(3)16-6)13-10(20-8)12-4-5-18-11-15-14-7(2)19-11/h4-5H2,1-3H3,(H,12,13). The van der Waals surface area contributed by atoms with E-state index >= 15 is 0 Å². The maximum absolute atomic E-state index is 4.56. The molecule has 3 aromatic rings. The van der Waals surface area contributed by atoms with Crippen LogP contribution in [0, 0.1) is 13.8 Å². The smallest absolute Gasteiger partial charge is 0.185 e. The molecule has 0 aliphatic rings. The molecule has 0 amide bonds. The highest BCUT2D eigenvalue weighted by molar-refractivity contribution is 8.01. The number of anilines is 1. The molecule has 3 heterocycles. The van der Waals surface area contributed by atoms with Gasteiger partial charge in [-0.05, 0) is 13.8 Å². The molecule has 20 heavy (non-hydrogen) atoms. The first-order chi connectivity index (χ1) is 9.63. The van der Waals surface area contributed by atoms with E-state index in [-0.39, 0.29) is 0 Å². The molecular formula is C11H14N6S3. The fraction of sp³-hybridized carbons (Fsp3) is 0.455. The summed E-state index contributed by atoms with van der Waals surface area (Å²) in [6, 6.07) is 0. The van der Waals surface area contributed by atoms with Crippen molar-refractivity contribution in [1.29, 1.82) is 0 Å². The summed E-state index contributed by atoms with van der Waals surface area (Å²) in [6.07, 6.45) is 0. The molecule has 0 spiro atoms. The van der Waals surface area contributed by atoms with Crippen LogP contribution < -0.4 is 5.32 Å². The Morgan fingerprint density at radius 2 is 2.10 bits per heavy atom. The Kier molecular flexibility index (Phi) is 3.90. The molecule has 9 heteroatoms. The summed E-state index contributed by atoms with van der Waals surface area (Å²) in [5, 5.41) is 17.8. The van der Waals surface area contributed by atoms with E-state index in [0.29, 0.717) is 0 Å². The zero-order valence-corrected chi connectivity index (χ0v) is 13.8. The second kappa shape index (κ2) is 5.66. The molecule has 106 valence electrons. The first kappa shape index (κ1) is 13.8. The van der Waals surface area contributed by atoms with Crippen LogP contribution in [-0.4, -0.2) is 37.3 Å². The van der Waals surface area contributed by atoms with Gasteiger partial charge in [0.1, 0.15) is 5.01 Å². The number of hydrogen-bond donors (Lipinski definition) is 1. The van der Waals surface area contributed by atoms with Crippen molar-refractivity contribution in [2.75, 3.05) is 17.6 Å². The zero-order chi connectivity index (χ0) is 14.1. The Morgan fingerprint density at radius 1 is 1.25 bits per heavy atom. The highest BCUT2D eigenvalue weighted by Crippen LogP contribution is 2.28.